The average Bonchev–Trinajstić information content (AvgIpc) is 3.40. The Kier molecular flexibility index (Phi) is 9.08. The van der Waals surface area contributed by atoms with Crippen molar-refractivity contribution in [2.45, 2.75) is 45.4 Å². The van der Waals surface area contributed by atoms with E-state index < -0.39 is 0 Å². The Morgan fingerprint density at radius 3 is 2.40 bits per heavy atom. The van der Waals surface area contributed by atoms with Crippen LogP contribution in [-0.2, 0) is 11.2 Å². The monoisotopic (exact) mass is 600 g/mol. The minimum absolute atomic E-state index is 0.0440. The molecule has 1 saturated heterocycles. The Labute approximate surface area is 264 Å². The van der Waals surface area contributed by atoms with Gasteiger partial charge in [-0.2, -0.15) is 0 Å². The SMILES string of the molecule is CC(C)C(=O)Nc1cccc(C2CCN(CCCc3c(-c4cccc([N+](=O)[O-])c4)n(-c4ccccc4)c4ccccc34)CC2)c1. The van der Waals surface area contributed by atoms with Crippen LogP contribution < -0.4 is 5.32 Å². The lowest BCUT2D eigenvalue weighted by atomic mass is 9.89. The lowest BCUT2D eigenvalue weighted by molar-refractivity contribution is -0.384. The standard InChI is InChI=1S/C38H40N4O3/c1-27(2)38(43)39-31-13-8-11-29(25-31)28-20-23-40(24-21-28)22-10-18-35-34-17-6-7-19-36(34)41(32-14-4-3-5-15-32)37(35)30-12-9-16-33(26-30)42(44)45/h3-9,11-17,19,25-28H,10,18,20-24H2,1-2H3,(H,39,43). The number of carbonyl (C=O) groups excluding carboxylic acids is 1. The highest BCUT2D eigenvalue weighted by atomic mass is 16.6. The number of aryl methyl sites for hydroxylation is 1. The van der Waals surface area contributed by atoms with Crippen LogP contribution in [0.25, 0.3) is 27.8 Å². The number of hydrogen-bond acceptors (Lipinski definition) is 4. The second kappa shape index (κ2) is 13.5. The summed E-state index contributed by atoms with van der Waals surface area (Å²) < 4.78 is 2.26. The van der Waals surface area contributed by atoms with E-state index in [0.717, 1.165) is 73.5 Å². The Hall–Kier alpha value is -4.75. The van der Waals surface area contributed by atoms with Gasteiger partial charge < -0.3 is 14.8 Å². The highest BCUT2D eigenvalue weighted by Crippen LogP contribution is 2.38. The molecule has 45 heavy (non-hydrogen) atoms. The van der Waals surface area contributed by atoms with E-state index in [2.05, 4.69) is 63.3 Å². The second-order valence-corrected chi connectivity index (χ2v) is 12.3. The molecule has 7 nitrogen and oxygen atoms in total. The molecule has 1 fully saturated rings. The van der Waals surface area contributed by atoms with Crippen molar-refractivity contribution in [2.24, 2.45) is 5.92 Å². The molecule has 0 aliphatic carbocycles. The summed E-state index contributed by atoms with van der Waals surface area (Å²) in [7, 11) is 0. The van der Waals surface area contributed by atoms with Gasteiger partial charge in [-0.25, -0.2) is 0 Å². The van der Waals surface area contributed by atoms with Gasteiger partial charge >= 0.3 is 0 Å². The summed E-state index contributed by atoms with van der Waals surface area (Å²) in [6.45, 7) is 6.89. The number of nitrogens with zero attached hydrogens (tertiary/aromatic N) is 3. The van der Waals surface area contributed by atoms with Crippen LogP contribution in [0.3, 0.4) is 0 Å². The lowest BCUT2D eigenvalue weighted by Gasteiger charge is -2.32. The molecule has 1 N–H and O–H groups in total. The fraction of sp³-hybridized carbons (Fsp3) is 0.289. The molecule has 230 valence electrons. The van der Waals surface area contributed by atoms with Gasteiger partial charge in [-0.3, -0.25) is 14.9 Å². The Balaban J connectivity index is 1.20. The number of aromatic nitrogens is 1. The molecule has 0 bridgehead atoms. The molecule has 1 amide bonds. The summed E-state index contributed by atoms with van der Waals surface area (Å²) in [6.07, 6.45) is 4.05. The van der Waals surface area contributed by atoms with Crippen molar-refractivity contribution in [1.29, 1.82) is 0 Å². The van der Waals surface area contributed by atoms with E-state index >= 15 is 0 Å². The van der Waals surface area contributed by atoms with E-state index in [1.807, 2.05) is 50.2 Å². The summed E-state index contributed by atoms with van der Waals surface area (Å²) in [6, 6.07) is 34.1. The van der Waals surface area contributed by atoms with Crippen LogP contribution in [0.15, 0.2) is 103 Å². The fourth-order valence-corrected chi connectivity index (χ4v) is 6.60. The Bertz CT molecular complexity index is 1800. The number of nitro groups is 1. The zero-order chi connectivity index (χ0) is 31.3. The molecule has 0 saturated carbocycles. The van der Waals surface area contributed by atoms with Crippen LogP contribution in [0.4, 0.5) is 11.4 Å². The third kappa shape index (κ3) is 6.69. The molecule has 5 aromatic rings. The number of piperidine rings is 1. The maximum absolute atomic E-state index is 12.2. The molecule has 1 aliphatic rings. The van der Waals surface area contributed by atoms with Crippen molar-refractivity contribution in [3.05, 3.63) is 124 Å². The Morgan fingerprint density at radius 1 is 0.911 bits per heavy atom. The van der Waals surface area contributed by atoms with Gasteiger partial charge in [0.2, 0.25) is 5.91 Å². The summed E-state index contributed by atoms with van der Waals surface area (Å²) in [5.74, 6) is 0.484. The number of fused-ring (bicyclic) bond motifs is 1. The second-order valence-electron chi connectivity index (χ2n) is 12.3. The van der Waals surface area contributed by atoms with Gasteiger partial charge in [0.15, 0.2) is 0 Å². The summed E-state index contributed by atoms with van der Waals surface area (Å²) in [5.41, 5.74) is 7.52. The number of para-hydroxylation sites is 2. The molecule has 0 atom stereocenters. The first-order valence-electron chi connectivity index (χ1n) is 15.9. The van der Waals surface area contributed by atoms with Gasteiger partial charge in [0.25, 0.3) is 5.69 Å². The largest absolute Gasteiger partial charge is 0.326 e. The molecule has 4 aromatic carbocycles. The molecular formula is C38H40N4O3. The maximum atomic E-state index is 12.2. The number of nitro benzene ring substituents is 1. The number of likely N-dealkylation sites (tertiary alicyclic amines) is 1. The predicted molar refractivity (Wildman–Crippen MR) is 182 cm³/mol. The highest BCUT2D eigenvalue weighted by Gasteiger charge is 2.23. The third-order valence-electron chi connectivity index (χ3n) is 8.96. The topological polar surface area (TPSA) is 80.4 Å². The first-order valence-corrected chi connectivity index (χ1v) is 15.9. The number of anilines is 1. The van der Waals surface area contributed by atoms with Gasteiger partial charge in [0.05, 0.1) is 16.1 Å². The Morgan fingerprint density at radius 2 is 1.64 bits per heavy atom. The van der Waals surface area contributed by atoms with Gasteiger partial charge in [-0.1, -0.05) is 74.5 Å². The number of hydrogen-bond donors (Lipinski definition) is 1. The first kappa shape index (κ1) is 30.3. The number of benzene rings is 4. The van der Waals surface area contributed by atoms with Crippen molar-refractivity contribution in [1.82, 2.24) is 9.47 Å². The number of non-ortho nitro benzene ring substituents is 1. The van der Waals surface area contributed by atoms with Gasteiger partial charge in [-0.15, -0.1) is 0 Å². The normalized spacial score (nSPS) is 14.2. The van der Waals surface area contributed by atoms with E-state index in [0.29, 0.717) is 5.92 Å². The zero-order valence-electron chi connectivity index (χ0n) is 26.0. The van der Waals surface area contributed by atoms with Crippen LogP contribution in [0, 0.1) is 16.0 Å². The van der Waals surface area contributed by atoms with Crippen molar-refractivity contribution in [3.63, 3.8) is 0 Å². The van der Waals surface area contributed by atoms with E-state index in [-0.39, 0.29) is 22.4 Å². The summed E-state index contributed by atoms with van der Waals surface area (Å²) in [4.78, 5) is 26.1. The lowest BCUT2D eigenvalue weighted by Crippen LogP contribution is -2.33. The van der Waals surface area contributed by atoms with E-state index in [9.17, 15) is 14.9 Å². The van der Waals surface area contributed by atoms with E-state index in [1.165, 1.54) is 16.5 Å². The smallest absolute Gasteiger partial charge is 0.270 e. The minimum Gasteiger partial charge on any atom is -0.326 e. The molecule has 2 heterocycles. The molecular weight excluding hydrogens is 560 g/mol. The molecule has 7 heteroatoms. The quantitative estimate of drug-likeness (QED) is 0.129. The van der Waals surface area contributed by atoms with E-state index in [4.69, 9.17) is 0 Å². The van der Waals surface area contributed by atoms with Crippen molar-refractivity contribution in [3.8, 4) is 16.9 Å². The summed E-state index contributed by atoms with van der Waals surface area (Å²) >= 11 is 0. The summed E-state index contributed by atoms with van der Waals surface area (Å²) in [5, 5.41) is 15.9. The van der Waals surface area contributed by atoms with Crippen LogP contribution in [0.1, 0.15) is 50.2 Å². The first-order chi connectivity index (χ1) is 21.9. The predicted octanol–water partition coefficient (Wildman–Crippen LogP) is 8.61. The fourth-order valence-electron chi connectivity index (χ4n) is 6.60. The van der Waals surface area contributed by atoms with Gasteiger partial charge in [0, 0.05) is 40.4 Å². The molecule has 0 spiro atoms. The number of rotatable bonds is 10. The minimum atomic E-state index is -0.319. The van der Waals surface area contributed by atoms with Crippen molar-refractivity contribution >= 4 is 28.2 Å². The third-order valence-corrected chi connectivity index (χ3v) is 8.96. The molecule has 1 aliphatic heterocycles. The van der Waals surface area contributed by atoms with E-state index in [1.54, 1.807) is 18.2 Å². The van der Waals surface area contributed by atoms with Gasteiger partial charge in [0.1, 0.15) is 0 Å². The molecule has 1 aromatic heterocycles. The van der Waals surface area contributed by atoms with Crippen LogP contribution in [0.2, 0.25) is 0 Å². The van der Waals surface area contributed by atoms with Crippen molar-refractivity contribution in [2.75, 3.05) is 25.0 Å². The number of amides is 1. The van der Waals surface area contributed by atoms with Crippen LogP contribution in [0.5, 0.6) is 0 Å². The maximum Gasteiger partial charge on any atom is 0.270 e. The zero-order valence-corrected chi connectivity index (χ0v) is 26.0. The number of nitrogens with one attached hydrogen (secondary N) is 1. The van der Waals surface area contributed by atoms with Gasteiger partial charge in [-0.05, 0) is 92.7 Å². The molecule has 0 radical (unpaired) electrons. The highest BCUT2D eigenvalue weighted by molar-refractivity contribution is 5.94. The van der Waals surface area contributed by atoms with Crippen LogP contribution >= 0.6 is 0 Å². The van der Waals surface area contributed by atoms with Crippen molar-refractivity contribution < 1.29 is 9.72 Å². The molecule has 6 rings (SSSR count). The molecule has 0 unspecified atom stereocenters. The van der Waals surface area contributed by atoms with Crippen LogP contribution in [-0.4, -0.2) is 39.9 Å². The average molecular weight is 601 g/mol. The number of carbonyl (C=O) groups is 1.